The van der Waals surface area contributed by atoms with Crippen molar-refractivity contribution in [3.8, 4) is 0 Å². The smallest absolute Gasteiger partial charge is 0.255 e. The first-order chi connectivity index (χ1) is 11.3. The number of rotatable bonds is 4. The van der Waals surface area contributed by atoms with E-state index in [0.717, 1.165) is 16.8 Å². The third-order valence-corrected chi connectivity index (χ3v) is 3.48. The van der Waals surface area contributed by atoms with Crippen LogP contribution in [0.2, 0.25) is 0 Å². The van der Waals surface area contributed by atoms with Crippen molar-refractivity contribution in [3.05, 3.63) is 108 Å². The van der Waals surface area contributed by atoms with Crippen LogP contribution in [0, 0.1) is 0 Å². The third-order valence-electron chi connectivity index (χ3n) is 3.48. The zero-order chi connectivity index (χ0) is 15.9. The lowest BCUT2D eigenvalue weighted by Gasteiger charge is -2.11. The van der Waals surface area contributed by atoms with Gasteiger partial charge in [0, 0.05) is 11.3 Å². The van der Waals surface area contributed by atoms with Crippen LogP contribution in [-0.2, 0) is 0 Å². The fourth-order valence-electron chi connectivity index (χ4n) is 2.31. The van der Waals surface area contributed by atoms with Crippen molar-refractivity contribution < 1.29 is 4.79 Å². The largest absolute Gasteiger partial charge is 0.321 e. The SMILES string of the molecule is O=C(NC(=Cc1ccccc1)c1ccccc1)c1ccccc1. The minimum Gasteiger partial charge on any atom is -0.321 e. The number of carbonyl (C=O) groups is 1. The van der Waals surface area contributed by atoms with E-state index in [4.69, 9.17) is 0 Å². The Balaban J connectivity index is 1.93. The summed E-state index contributed by atoms with van der Waals surface area (Å²) in [6.07, 6.45) is 1.98. The van der Waals surface area contributed by atoms with E-state index in [-0.39, 0.29) is 5.91 Å². The lowest BCUT2D eigenvalue weighted by molar-refractivity contribution is 0.0974. The molecule has 2 heteroatoms. The highest BCUT2D eigenvalue weighted by atomic mass is 16.1. The Morgan fingerprint density at radius 2 is 1.13 bits per heavy atom. The molecule has 0 bridgehead atoms. The Labute approximate surface area is 136 Å². The summed E-state index contributed by atoms with van der Waals surface area (Å²) < 4.78 is 0. The van der Waals surface area contributed by atoms with Crippen molar-refractivity contribution in [1.29, 1.82) is 0 Å². The van der Waals surface area contributed by atoms with Crippen LogP contribution in [0.1, 0.15) is 21.5 Å². The van der Waals surface area contributed by atoms with Gasteiger partial charge in [0.1, 0.15) is 0 Å². The predicted molar refractivity (Wildman–Crippen MR) is 94.7 cm³/mol. The zero-order valence-electron chi connectivity index (χ0n) is 12.6. The molecule has 3 aromatic rings. The second-order valence-corrected chi connectivity index (χ2v) is 5.15. The number of hydrogen-bond donors (Lipinski definition) is 1. The van der Waals surface area contributed by atoms with Gasteiger partial charge in [0.15, 0.2) is 0 Å². The zero-order valence-corrected chi connectivity index (χ0v) is 12.6. The van der Waals surface area contributed by atoms with E-state index in [9.17, 15) is 4.79 Å². The molecular formula is C21H17NO. The first-order valence-electron chi connectivity index (χ1n) is 7.51. The maximum absolute atomic E-state index is 12.5. The molecule has 0 spiro atoms. The van der Waals surface area contributed by atoms with Crippen molar-refractivity contribution in [1.82, 2.24) is 5.32 Å². The Bertz CT molecular complexity index is 793. The number of carbonyl (C=O) groups excluding carboxylic acids is 1. The van der Waals surface area contributed by atoms with Gasteiger partial charge in [-0.2, -0.15) is 0 Å². The minimum atomic E-state index is -0.114. The fraction of sp³-hybridized carbons (Fsp3) is 0. The number of nitrogens with one attached hydrogen (secondary N) is 1. The molecule has 0 radical (unpaired) electrons. The summed E-state index contributed by atoms with van der Waals surface area (Å²) >= 11 is 0. The maximum Gasteiger partial charge on any atom is 0.255 e. The average molecular weight is 299 g/mol. The van der Waals surface area contributed by atoms with E-state index in [1.165, 1.54) is 0 Å². The van der Waals surface area contributed by atoms with Crippen molar-refractivity contribution in [2.24, 2.45) is 0 Å². The lowest BCUT2D eigenvalue weighted by atomic mass is 10.1. The van der Waals surface area contributed by atoms with Crippen molar-refractivity contribution in [3.63, 3.8) is 0 Å². The molecule has 1 amide bonds. The molecule has 23 heavy (non-hydrogen) atoms. The number of hydrogen-bond acceptors (Lipinski definition) is 1. The molecule has 3 aromatic carbocycles. The van der Waals surface area contributed by atoms with Crippen LogP contribution in [-0.4, -0.2) is 5.91 Å². The van der Waals surface area contributed by atoms with Crippen LogP contribution in [0.25, 0.3) is 11.8 Å². The van der Waals surface area contributed by atoms with E-state index in [1.807, 2.05) is 84.9 Å². The molecule has 0 heterocycles. The van der Waals surface area contributed by atoms with Gasteiger partial charge in [0.25, 0.3) is 5.91 Å². The summed E-state index contributed by atoms with van der Waals surface area (Å²) in [7, 11) is 0. The molecule has 112 valence electrons. The summed E-state index contributed by atoms with van der Waals surface area (Å²) in [5.74, 6) is -0.114. The van der Waals surface area contributed by atoms with E-state index in [1.54, 1.807) is 12.1 Å². The van der Waals surface area contributed by atoms with Gasteiger partial charge < -0.3 is 5.32 Å². The maximum atomic E-state index is 12.5. The third kappa shape index (κ3) is 3.95. The molecule has 0 aromatic heterocycles. The summed E-state index contributed by atoms with van der Waals surface area (Å²) in [6, 6.07) is 29.0. The molecule has 0 unspecified atom stereocenters. The van der Waals surface area contributed by atoms with Crippen LogP contribution in [0.5, 0.6) is 0 Å². The Morgan fingerprint density at radius 3 is 1.70 bits per heavy atom. The molecule has 0 aliphatic carbocycles. The van der Waals surface area contributed by atoms with Gasteiger partial charge in [0.05, 0.1) is 0 Å². The molecule has 0 aliphatic rings. The number of amides is 1. The Hall–Kier alpha value is -3.13. The number of benzene rings is 3. The van der Waals surface area contributed by atoms with E-state index in [2.05, 4.69) is 5.32 Å². The summed E-state index contributed by atoms with van der Waals surface area (Å²) in [6.45, 7) is 0. The summed E-state index contributed by atoms with van der Waals surface area (Å²) in [4.78, 5) is 12.5. The highest BCUT2D eigenvalue weighted by Gasteiger charge is 2.09. The van der Waals surface area contributed by atoms with Crippen LogP contribution < -0.4 is 5.32 Å². The first-order valence-corrected chi connectivity index (χ1v) is 7.51. The van der Waals surface area contributed by atoms with Crippen LogP contribution in [0.3, 0.4) is 0 Å². The molecule has 0 saturated heterocycles. The van der Waals surface area contributed by atoms with Crippen molar-refractivity contribution in [2.45, 2.75) is 0 Å². The summed E-state index contributed by atoms with van der Waals surface area (Å²) in [5.41, 5.74) is 3.44. The van der Waals surface area contributed by atoms with E-state index >= 15 is 0 Å². The molecule has 3 rings (SSSR count). The monoisotopic (exact) mass is 299 g/mol. The average Bonchev–Trinajstić information content (AvgIpc) is 2.63. The summed E-state index contributed by atoms with van der Waals surface area (Å²) in [5, 5.41) is 3.02. The topological polar surface area (TPSA) is 29.1 Å². The second-order valence-electron chi connectivity index (χ2n) is 5.15. The van der Waals surface area contributed by atoms with Crippen LogP contribution in [0.4, 0.5) is 0 Å². The lowest BCUT2D eigenvalue weighted by Crippen LogP contribution is -2.21. The molecule has 0 fully saturated rings. The highest BCUT2D eigenvalue weighted by Crippen LogP contribution is 2.16. The quantitative estimate of drug-likeness (QED) is 0.700. The molecule has 1 N–H and O–H groups in total. The molecule has 0 atom stereocenters. The first kappa shape index (κ1) is 14.8. The van der Waals surface area contributed by atoms with Gasteiger partial charge in [-0.3, -0.25) is 4.79 Å². The van der Waals surface area contributed by atoms with Gasteiger partial charge in [-0.15, -0.1) is 0 Å². The minimum absolute atomic E-state index is 0.114. The Morgan fingerprint density at radius 1 is 0.652 bits per heavy atom. The van der Waals surface area contributed by atoms with Gasteiger partial charge in [-0.05, 0) is 29.3 Å². The molecular weight excluding hydrogens is 282 g/mol. The van der Waals surface area contributed by atoms with Gasteiger partial charge >= 0.3 is 0 Å². The second kappa shape index (κ2) is 7.23. The van der Waals surface area contributed by atoms with Crippen molar-refractivity contribution >= 4 is 17.7 Å². The predicted octanol–water partition coefficient (Wildman–Crippen LogP) is 4.61. The van der Waals surface area contributed by atoms with E-state index in [0.29, 0.717) is 5.56 Å². The van der Waals surface area contributed by atoms with Gasteiger partial charge in [0.2, 0.25) is 0 Å². The van der Waals surface area contributed by atoms with Gasteiger partial charge in [-0.1, -0.05) is 78.9 Å². The Kier molecular flexibility index (Phi) is 4.65. The fourth-order valence-corrected chi connectivity index (χ4v) is 2.31. The van der Waals surface area contributed by atoms with E-state index < -0.39 is 0 Å². The van der Waals surface area contributed by atoms with Gasteiger partial charge in [-0.25, -0.2) is 0 Å². The van der Waals surface area contributed by atoms with Crippen LogP contribution in [0.15, 0.2) is 91.0 Å². The standard InChI is InChI=1S/C21H17NO/c23-21(19-14-8-3-9-15-19)22-20(18-12-6-2-7-13-18)16-17-10-4-1-5-11-17/h1-16H,(H,22,23). The van der Waals surface area contributed by atoms with Crippen LogP contribution >= 0.6 is 0 Å². The highest BCUT2D eigenvalue weighted by molar-refractivity contribution is 6.01. The normalized spacial score (nSPS) is 11.0. The van der Waals surface area contributed by atoms with Crippen molar-refractivity contribution in [2.75, 3.05) is 0 Å². The molecule has 0 saturated carbocycles. The molecule has 0 aliphatic heterocycles. The molecule has 2 nitrogen and oxygen atoms in total.